The Labute approximate surface area is 147 Å². The fraction of sp³-hybridized carbons (Fsp3) is 0.444. The average Bonchev–Trinajstić information content (AvgIpc) is 2.84. The molecule has 1 amide bonds. The molecular formula is C18H22ClN3O2. The molecule has 2 aromatic rings. The maximum absolute atomic E-state index is 12.5. The monoisotopic (exact) mass is 347 g/mol. The van der Waals surface area contributed by atoms with Gasteiger partial charge in [0.25, 0.3) is 5.91 Å². The molecule has 1 aromatic carbocycles. The van der Waals surface area contributed by atoms with Gasteiger partial charge in [0, 0.05) is 18.6 Å². The number of aromatic nitrogens is 2. The van der Waals surface area contributed by atoms with Crippen molar-refractivity contribution in [2.24, 2.45) is 7.05 Å². The molecule has 0 fully saturated rings. The fourth-order valence-electron chi connectivity index (χ4n) is 3.22. The van der Waals surface area contributed by atoms with E-state index >= 15 is 0 Å². The number of halogens is 1. The number of nitrogens with zero attached hydrogens (tertiary/aromatic N) is 3. The minimum absolute atomic E-state index is 0.00948. The topological polar surface area (TPSA) is 47.4 Å². The number of carbonyl (C=O) groups excluding carboxylic acids is 1. The molecule has 1 aliphatic heterocycles. The van der Waals surface area contributed by atoms with E-state index in [1.54, 1.807) is 0 Å². The molecule has 1 aromatic heterocycles. The lowest BCUT2D eigenvalue weighted by atomic mass is 10.0. The largest absolute Gasteiger partial charge is 0.484 e. The van der Waals surface area contributed by atoms with Crippen molar-refractivity contribution in [1.82, 2.24) is 14.7 Å². The molecule has 0 spiro atoms. The molecule has 0 atom stereocenters. The normalized spacial score (nSPS) is 13.8. The molecule has 0 saturated carbocycles. The van der Waals surface area contributed by atoms with Gasteiger partial charge in [0.2, 0.25) is 0 Å². The number of rotatable bonds is 3. The van der Waals surface area contributed by atoms with Crippen LogP contribution >= 0.6 is 11.6 Å². The zero-order chi connectivity index (χ0) is 17.4. The molecule has 6 heteroatoms. The van der Waals surface area contributed by atoms with Crippen molar-refractivity contribution in [3.05, 3.63) is 45.2 Å². The van der Waals surface area contributed by atoms with Gasteiger partial charge in [-0.1, -0.05) is 11.6 Å². The number of ether oxygens (including phenoxy) is 1. The van der Waals surface area contributed by atoms with Crippen LogP contribution in [0, 0.1) is 20.8 Å². The number of benzene rings is 1. The Balaban J connectivity index is 1.65. The highest BCUT2D eigenvalue weighted by Crippen LogP contribution is 2.26. The van der Waals surface area contributed by atoms with E-state index in [0.29, 0.717) is 18.8 Å². The number of amides is 1. The van der Waals surface area contributed by atoms with Gasteiger partial charge in [0.05, 0.1) is 17.9 Å². The summed E-state index contributed by atoms with van der Waals surface area (Å²) in [5.74, 6) is 0.668. The quantitative estimate of drug-likeness (QED) is 0.857. The first-order valence-corrected chi connectivity index (χ1v) is 8.43. The smallest absolute Gasteiger partial charge is 0.260 e. The summed E-state index contributed by atoms with van der Waals surface area (Å²) in [5, 5.41) is 5.18. The van der Waals surface area contributed by atoms with Crippen LogP contribution in [0.5, 0.6) is 5.75 Å². The van der Waals surface area contributed by atoms with Crippen molar-refractivity contribution < 1.29 is 9.53 Å². The summed E-state index contributed by atoms with van der Waals surface area (Å²) in [5.41, 5.74) is 5.35. The molecule has 0 N–H and O–H groups in total. The Morgan fingerprint density at radius 1 is 1.29 bits per heavy atom. The molecule has 0 unspecified atom stereocenters. The molecule has 1 aliphatic rings. The van der Waals surface area contributed by atoms with Gasteiger partial charge in [-0.25, -0.2) is 0 Å². The third-order valence-corrected chi connectivity index (χ3v) is 5.17. The first kappa shape index (κ1) is 16.8. The molecule has 24 heavy (non-hydrogen) atoms. The van der Waals surface area contributed by atoms with Crippen LogP contribution in [0.15, 0.2) is 12.1 Å². The van der Waals surface area contributed by atoms with E-state index in [0.717, 1.165) is 34.0 Å². The Bertz CT molecular complexity index is 775. The summed E-state index contributed by atoms with van der Waals surface area (Å²) < 4.78 is 7.56. The van der Waals surface area contributed by atoms with Crippen LogP contribution in [-0.4, -0.2) is 33.7 Å². The molecular weight excluding hydrogens is 326 g/mol. The average molecular weight is 348 g/mol. The molecule has 128 valence electrons. The molecule has 0 aliphatic carbocycles. The first-order valence-electron chi connectivity index (χ1n) is 8.05. The van der Waals surface area contributed by atoms with Gasteiger partial charge < -0.3 is 9.64 Å². The fourth-order valence-corrected chi connectivity index (χ4v) is 3.33. The summed E-state index contributed by atoms with van der Waals surface area (Å²) >= 11 is 6.16. The van der Waals surface area contributed by atoms with E-state index in [1.165, 1.54) is 5.56 Å². The Morgan fingerprint density at radius 2 is 1.96 bits per heavy atom. The van der Waals surface area contributed by atoms with Gasteiger partial charge in [-0.2, -0.15) is 5.10 Å². The van der Waals surface area contributed by atoms with E-state index in [4.69, 9.17) is 16.3 Å². The van der Waals surface area contributed by atoms with Crippen molar-refractivity contribution >= 4 is 17.5 Å². The number of hydrogen-bond donors (Lipinski definition) is 0. The van der Waals surface area contributed by atoms with Crippen LogP contribution in [0.2, 0.25) is 5.02 Å². The van der Waals surface area contributed by atoms with E-state index in [1.807, 2.05) is 49.5 Å². The summed E-state index contributed by atoms with van der Waals surface area (Å²) in [6, 6.07) is 3.72. The minimum atomic E-state index is -0.00948. The van der Waals surface area contributed by atoms with Gasteiger partial charge >= 0.3 is 0 Å². The maximum Gasteiger partial charge on any atom is 0.260 e. The van der Waals surface area contributed by atoms with Crippen molar-refractivity contribution in [2.45, 2.75) is 33.7 Å². The van der Waals surface area contributed by atoms with Gasteiger partial charge in [0.1, 0.15) is 5.75 Å². The zero-order valence-corrected chi connectivity index (χ0v) is 15.3. The molecule has 3 rings (SSSR count). The van der Waals surface area contributed by atoms with E-state index in [-0.39, 0.29) is 12.5 Å². The van der Waals surface area contributed by atoms with E-state index in [2.05, 4.69) is 5.10 Å². The highest BCUT2D eigenvalue weighted by atomic mass is 35.5. The van der Waals surface area contributed by atoms with Crippen LogP contribution in [0.3, 0.4) is 0 Å². The van der Waals surface area contributed by atoms with Crippen LogP contribution in [0.1, 0.15) is 28.1 Å². The second kappa shape index (κ2) is 6.48. The van der Waals surface area contributed by atoms with Crippen molar-refractivity contribution in [2.75, 3.05) is 13.2 Å². The van der Waals surface area contributed by atoms with Crippen molar-refractivity contribution in [1.29, 1.82) is 0 Å². The molecule has 0 radical (unpaired) electrons. The standard InChI is InChI=1S/C18H22ClN3O2/c1-11-7-14(8-12(2)18(11)19)24-10-17(23)22-6-5-15-13(3)20-21(4)16(15)9-22/h7-8H,5-6,9-10H2,1-4H3. The summed E-state index contributed by atoms with van der Waals surface area (Å²) in [7, 11) is 1.93. The lowest BCUT2D eigenvalue weighted by Gasteiger charge is -2.27. The maximum atomic E-state index is 12.5. The lowest BCUT2D eigenvalue weighted by Crippen LogP contribution is -2.39. The number of aryl methyl sites for hydroxylation is 4. The Morgan fingerprint density at radius 3 is 2.62 bits per heavy atom. The highest BCUT2D eigenvalue weighted by Gasteiger charge is 2.25. The van der Waals surface area contributed by atoms with Gasteiger partial charge in [-0.3, -0.25) is 9.48 Å². The van der Waals surface area contributed by atoms with E-state index < -0.39 is 0 Å². The second-order valence-corrected chi connectivity index (χ2v) is 6.74. The van der Waals surface area contributed by atoms with E-state index in [9.17, 15) is 4.79 Å². The second-order valence-electron chi connectivity index (χ2n) is 6.36. The molecule has 0 bridgehead atoms. The number of fused-ring (bicyclic) bond motifs is 1. The molecule has 5 nitrogen and oxygen atoms in total. The van der Waals surface area contributed by atoms with Crippen molar-refractivity contribution in [3.8, 4) is 5.75 Å². The van der Waals surface area contributed by atoms with Gasteiger partial charge in [-0.15, -0.1) is 0 Å². The zero-order valence-electron chi connectivity index (χ0n) is 14.5. The highest BCUT2D eigenvalue weighted by molar-refractivity contribution is 6.32. The first-order chi connectivity index (χ1) is 11.4. The molecule has 0 saturated heterocycles. The number of carbonyl (C=O) groups is 1. The predicted octanol–water partition coefficient (Wildman–Crippen LogP) is 2.96. The summed E-state index contributed by atoms with van der Waals surface area (Å²) in [6.45, 7) is 7.22. The Hall–Kier alpha value is -2.01. The van der Waals surface area contributed by atoms with Crippen LogP contribution in [0.4, 0.5) is 0 Å². The Kier molecular flexibility index (Phi) is 4.54. The van der Waals surface area contributed by atoms with Gasteiger partial charge in [-0.05, 0) is 56.0 Å². The SMILES string of the molecule is Cc1cc(OCC(=O)N2CCc3c(C)nn(C)c3C2)cc(C)c1Cl. The minimum Gasteiger partial charge on any atom is -0.484 e. The van der Waals surface area contributed by atoms with Crippen LogP contribution in [-0.2, 0) is 24.8 Å². The lowest BCUT2D eigenvalue weighted by molar-refractivity contribution is -0.134. The van der Waals surface area contributed by atoms with Gasteiger partial charge in [0.15, 0.2) is 6.61 Å². The number of hydrogen-bond acceptors (Lipinski definition) is 3. The molecule has 2 heterocycles. The third-order valence-electron chi connectivity index (χ3n) is 4.57. The van der Waals surface area contributed by atoms with Crippen LogP contribution < -0.4 is 4.74 Å². The summed E-state index contributed by atoms with van der Waals surface area (Å²) in [6.07, 6.45) is 0.847. The van der Waals surface area contributed by atoms with Crippen LogP contribution in [0.25, 0.3) is 0 Å². The predicted molar refractivity (Wildman–Crippen MR) is 93.5 cm³/mol. The van der Waals surface area contributed by atoms with Crippen molar-refractivity contribution in [3.63, 3.8) is 0 Å². The third kappa shape index (κ3) is 3.13. The summed E-state index contributed by atoms with van der Waals surface area (Å²) in [4.78, 5) is 14.3.